The van der Waals surface area contributed by atoms with Crippen molar-refractivity contribution in [3.63, 3.8) is 0 Å². The summed E-state index contributed by atoms with van der Waals surface area (Å²) in [5.41, 5.74) is 2.83. The van der Waals surface area contributed by atoms with E-state index in [2.05, 4.69) is 15.9 Å². The van der Waals surface area contributed by atoms with Crippen molar-refractivity contribution < 1.29 is 14.4 Å². The molecule has 2 aliphatic heterocycles. The number of imide groups is 1. The quantitative estimate of drug-likeness (QED) is 0.267. The number of para-hydroxylation sites is 1. The standard InChI is InChI=1S/C32H25BrN2O3/c33-24-14-9-15-25(18-24)35-29(36)19-27(30(35)37)32(20-22-10-3-1-4-11-22)26-16-7-8-17-28(26)34(31(32)38)21-23-12-5-2-6-13-23/h1-18,27H,19-21H2/t27-,32+/m0/s1. The molecule has 6 heteroatoms. The van der Waals surface area contributed by atoms with Crippen LogP contribution in [0.25, 0.3) is 0 Å². The van der Waals surface area contributed by atoms with Crippen molar-refractivity contribution in [3.05, 3.63) is 130 Å². The van der Waals surface area contributed by atoms with Crippen LogP contribution in [0.3, 0.4) is 0 Å². The smallest absolute Gasteiger partial charge is 0.239 e. The molecule has 0 radical (unpaired) electrons. The molecular formula is C32H25BrN2O3. The number of anilines is 2. The van der Waals surface area contributed by atoms with Gasteiger partial charge in [0.05, 0.1) is 23.6 Å². The highest BCUT2D eigenvalue weighted by Crippen LogP contribution is 2.52. The molecule has 0 spiro atoms. The first kappa shape index (κ1) is 24.3. The Morgan fingerprint density at radius 3 is 2.13 bits per heavy atom. The lowest BCUT2D eigenvalue weighted by Crippen LogP contribution is -2.50. The van der Waals surface area contributed by atoms with Gasteiger partial charge in [-0.15, -0.1) is 0 Å². The van der Waals surface area contributed by atoms with Gasteiger partial charge < -0.3 is 4.90 Å². The van der Waals surface area contributed by atoms with Gasteiger partial charge in [0.2, 0.25) is 17.7 Å². The number of carbonyl (C=O) groups is 3. The van der Waals surface area contributed by atoms with Gasteiger partial charge in [-0.3, -0.25) is 19.3 Å². The Morgan fingerprint density at radius 2 is 1.42 bits per heavy atom. The molecule has 4 aromatic rings. The molecule has 38 heavy (non-hydrogen) atoms. The number of fused-ring (bicyclic) bond motifs is 1. The summed E-state index contributed by atoms with van der Waals surface area (Å²) in [5.74, 6) is -1.61. The van der Waals surface area contributed by atoms with Crippen LogP contribution in [-0.2, 0) is 32.8 Å². The van der Waals surface area contributed by atoms with Crippen molar-refractivity contribution in [2.24, 2.45) is 5.92 Å². The van der Waals surface area contributed by atoms with Gasteiger partial charge in [-0.2, -0.15) is 0 Å². The molecule has 3 amide bonds. The topological polar surface area (TPSA) is 57.7 Å². The van der Waals surface area contributed by atoms with Gasteiger partial charge in [-0.1, -0.05) is 101 Å². The third-order valence-electron chi connectivity index (χ3n) is 7.62. The largest absolute Gasteiger partial charge is 0.307 e. The van der Waals surface area contributed by atoms with Gasteiger partial charge >= 0.3 is 0 Å². The van der Waals surface area contributed by atoms with Crippen molar-refractivity contribution in [2.45, 2.75) is 24.8 Å². The Morgan fingerprint density at radius 1 is 0.763 bits per heavy atom. The lowest BCUT2D eigenvalue weighted by molar-refractivity contribution is -0.131. The number of carbonyl (C=O) groups excluding carboxylic acids is 3. The van der Waals surface area contributed by atoms with Crippen LogP contribution in [0, 0.1) is 5.92 Å². The predicted octanol–water partition coefficient (Wildman–Crippen LogP) is 6.06. The molecule has 0 bridgehead atoms. The highest BCUT2D eigenvalue weighted by atomic mass is 79.9. The van der Waals surface area contributed by atoms with Crippen molar-refractivity contribution in [3.8, 4) is 0 Å². The second kappa shape index (κ2) is 9.69. The highest BCUT2D eigenvalue weighted by molar-refractivity contribution is 9.10. The number of rotatable bonds is 6. The molecule has 5 nitrogen and oxygen atoms in total. The van der Waals surface area contributed by atoms with E-state index in [0.29, 0.717) is 18.7 Å². The number of hydrogen-bond donors (Lipinski definition) is 0. The second-order valence-corrected chi connectivity index (χ2v) is 10.7. The Balaban J connectivity index is 1.50. The summed E-state index contributed by atoms with van der Waals surface area (Å²) < 4.78 is 0.773. The van der Waals surface area contributed by atoms with Gasteiger partial charge in [0, 0.05) is 16.6 Å². The van der Waals surface area contributed by atoms with Gasteiger partial charge in [-0.25, -0.2) is 0 Å². The maximum Gasteiger partial charge on any atom is 0.239 e. The summed E-state index contributed by atoms with van der Waals surface area (Å²) in [6.45, 7) is 0.386. The molecule has 4 aromatic carbocycles. The molecule has 0 aliphatic carbocycles. The van der Waals surface area contributed by atoms with Crippen molar-refractivity contribution in [1.82, 2.24) is 0 Å². The molecule has 2 atom stereocenters. The number of benzene rings is 4. The molecule has 0 saturated carbocycles. The fourth-order valence-electron chi connectivity index (χ4n) is 5.93. The van der Waals surface area contributed by atoms with Crippen LogP contribution in [0.15, 0.2) is 114 Å². The maximum atomic E-state index is 14.7. The van der Waals surface area contributed by atoms with Crippen molar-refractivity contribution in [1.29, 1.82) is 0 Å². The third-order valence-corrected chi connectivity index (χ3v) is 8.11. The fraction of sp³-hybridized carbons (Fsp3) is 0.156. The van der Waals surface area contributed by atoms with Gasteiger partial charge in [0.15, 0.2) is 0 Å². The third kappa shape index (κ3) is 3.96. The molecule has 2 heterocycles. The van der Waals surface area contributed by atoms with E-state index in [1.54, 1.807) is 23.1 Å². The van der Waals surface area contributed by atoms with E-state index in [4.69, 9.17) is 0 Å². The highest BCUT2D eigenvalue weighted by Gasteiger charge is 2.61. The summed E-state index contributed by atoms with van der Waals surface area (Å²) in [6.07, 6.45) is 0.294. The first-order valence-electron chi connectivity index (χ1n) is 12.6. The summed E-state index contributed by atoms with van der Waals surface area (Å²) in [7, 11) is 0. The number of nitrogens with zero attached hydrogens (tertiary/aromatic N) is 2. The van der Waals surface area contributed by atoms with E-state index in [9.17, 15) is 14.4 Å². The van der Waals surface area contributed by atoms with Gasteiger partial charge in [-0.05, 0) is 47.4 Å². The SMILES string of the molecule is O=C1C[C@H]([C@]2(Cc3ccccc3)C(=O)N(Cc3ccccc3)c3ccccc32)C(=O)N1c1cccc(Br)c1. The lowest BCUT2D eigenvalue weighted by atomic mass is 9.66. The predicted molar refractivity (Wildman–Crippen MR) is 151 cm³/mol. The zero-order valence-electron chi connectivity index (χ0n) is 20.6. The first-order valence-corrected chi connectivity index (χ1v) is 13.4. The van der Waals surface area contributed by atoms with E-state index in [0.717, 1.165) is 26.9 Å². The van der Waals surface area contributed by atoms with Crippen molar-refractivity contribution >= 4 is 45.0 Å². The molecule has 0 N–H and O–H groups in total. The minimum absolute atomic E-state index is 0.0303. The second-order valence-electron chi connectivity index (χ2n) is 9.83. The number of amides is 3. The molecule has 1 fully saturated rings. The van der Waals surface area contributed by atoms with Crippen LogP contribution in [0.4, 0.5) is 11.4 Å². The van der Waals surface area contributed by atoms with E-state index in [1.807, 2.05) is 91.0 Å². The molecule has 6 rings (SSSR count). The van der Waals surface area contributed by atoms with E-state index in [-0.39, 0.29) is 24.1 Å². The summed E-state index contributed by atoms with van der Waals surface area (Å²) >= 11 is 3.45. The Labute approximate surface area is 229 Å². The maximum absolute atomic E-state index is 14.7. The van der Waals surface area contributed by atoms with Gasteiger partial charge in [0.25, 0.3) is 0 Å². The van der Waals surface area contributed by atoms with Gasteiger partial charge in [0.1, 0.15) is 0 Å². The molecule has 1 saturated heterocycles. The van der Waals surface area contributed by atoms with Crippen LogP contribution in [0.5, 0.6) is 0 Å². The van der Waals surface area contributed by atoms with Crippen LogP contribution in [0.2, 0.25) is 0 Å². The van der Waals surface area contributed by atoms with Crippen LogP contribution >= 0.6 is 15.9 Å². The minimum Gasteiger partial charge on any atom is -0.307 e. The van der Waals surface area contributed by atoms with E-state index in [1.165, 1.54) is 4.90 Å². The van der Waals surface area contributed by atoms with Crippen molar-refractivity contribution in [2.75, 3.05) is 9.80 Å². The Bertz CT molecular complexity index is 1540. The number of halogens is 1. The molecular weight excluding hydrogens is 540 g/mol. The minimum atomic E-state index is -1.21. The normalized spacial score (nSPS) is 20.8. The van der Waals surface area contributed by atoms with Crippen LogP contribution < -0.4 is 9.80 Å². The first-order chi connectivity index (χ1) is 18.5. The summed E-state index contributed by atoms with van der Waals surface area (Å²) in [5, 5.41) is 0. The zero-order valence-corrected chi connectivity index (χ0v) is 22.2. The van der Waals surface area contributed by atoms with E-state index < -0.39 is 11.3 Å². The molecule has 0 unspecified atom stereocenters. The Hall–Kier alpha value is -4.03. The summed E-state index contributed by atoms with van der Waals surface area (Å²) in [4.78, 5) is 45.3. The lowest BCUT2D eigenvalue weighted by Gasteiger charge is -2.33. The summed E-state index contributed by atoms with van der Waals surface area (Å²) in [6, 6.07) is 34.5. The van der Waals surface area contributed by atoms with Crippen LogP contribution in [-0.4, -0.2) is 17.7 Å². The average Bonchev–Trinajstić information content (AvgIpc) is 3.36. The monoisotopic (exact) mass is 564 g/mol. The Kier molecular flexibility index (Phi) is 6.20. The average molecular weight is 565 g/mol. The molecule has 188 valence electrons. The number of hydrogen-bond acceptors (Lipinski definition) is 3. The molecule has 0 aromatic heterocycles. The fourth-order valence-corrected chi connectivity index (χ4v) is 6.31. The zero-order chi connectivity index (χ0) is 26.3. The van der Waals surface area contributed by atoms with E-state index >= 15 is 0 Å². The molecule has 2 aliphatic rings. The van der Waals surface area contributed by atoms with Crippen LogP contribution in [0.1, 0.15) is 23.1 Å².